The number of allylic oxidation sites excluding steroid dienone is 4. The van der Waals surface area contributed by atoms with Crippen LogP contribution in [0.25, 0.3) is 0 Å². The number of nitriles is 1. The van der Waals surface area contributed by atoms with Crippen LogP contribution in [0.1, 0.15) is 105 Å². The summed E-state index contributed by atoms with van der Waals surface area (Å²) in [6.07, 6.45) is 10.9. The molecule has 0 aliphatic heterocycles. The molecule has 7 rings (SSSR count). The first-order chi connectivity index (χ1) is 18.7. The Morgan fingerprint density at radius 1 is 1.02 bits per heavy atom. The van der Waals surface area contributed by atoms with Gasteiger partial charge < -0.3 is 4.52 Å². The number of carbonyl (C=O) groups excluding carboxylic acids is 2. The standard InChI is InChI=1S/C33H40FN3O3/c1-27(2)7-10-32(26-36-23(16-34)40-37-26)11-8-29(4)24(20(32)15-27)21(38)13-22-28(29,3)9-12-33-18-31(33,6)25(39)19(17-35)14-30(22,33)5/h13-14,20,24H,7-12,15-16,18H2,1-6H3/t20-,24-,28+,29+,30+,31?,32-,33-/m0/s1. The largest absolute Gasteiger partial charge is 0.336 e. The minimum Gasteiger partial charge on any atom is -0.336 e. The van der Waals surface area contributed by atoms with E-state index in [2.05, 4.69) is 50.8 Å². The van der Waals surface area contributed by atoms with Gasteiger partial charge in [-0.2, -0.15) is 10.2 Å². The lowest BCUT2D eigenvalue weighted by Crippen LogP contribution is -2.65. The molecule has 40 heavy (non-hydrogen) atoms. The first-order valence-corrected chi connectivity index (χ1v) is 15.0. The maximum atomic E-state index is 14.6. The maximum absolute atomic E-state index is 14.6. The van der Waals surface area contributed by atoms with E-state index < -0.39 is 22.9 Å². The van der Waals surface area contributed by atoms with Crippen LogP contribution >= 0.6 is 0 Å². The van der Waals surface area contributed by atoms with Gasteiger partial charge in [0, 0.05) is 22.2 Å². The Labute approximate surface area is 235 Å². The molecule has 0 amide bonds. The predicted molar refractivity (Wildman–Crippen MR) is 145 cm³/mol. The van der Waals surface area contributed by atoms with Crippen molar-refractivity contribution in [3.8, 4) is 6.07 Å². The second-order valence-electron chi connectivity index (χ2n) is 15.8. The van der Waals surface area contributed by atoms with Gasteiger partial charge in [0.2, 0.25) is 0 Å². The first-order valence-electron chi connectivity index (χ1n) is 15.0. The van der Waals surface area contributed by atoms with Gasteiger partial charge in [0.15, 0.2) is 24.1 Å². The van der Waals surface area contributed by atoms with Gasteiger partial charge in [0.05, 0.1) is 5.57 Å². The fourth-order valence-corrected chi connectivity index (χ4v) is 11.3. The molecule has 6 nitrogen and oxygen atoms in total. The Bertz CT molecular complexity index is 1480. The molecule has 8 atom stereocenters. The zero-order valence-electron chi connectivity index (χ0n) is 24.6. The van der Waals surface area contributed by atoms with Gasteiger partial charge in [-0.15, -0.1) is 0 Å². The van der Waals surface area contributed by atoms with Gasteiger partial charge in [0.25, 0.3) is 5.89 Å². The zero-order valence-corrected chi connectivity index (χ0v) is 24.6. The average Bonchev–Trinajstić information content (AvgIpc) is 3.27. The molecule has 6 aliphatic rings. The summed E-state index contributed by atoms with van der Waals surface area (Å²) in [6, 6.07) is 2.20. The van der Waals surface area contributed by atoms with Crippen molar-refractivity contribution in [1.29, 1.82) is 5.26 Å². The quantitative estimate of drug-likeness (QED) is 0.407. The van der Waals surface area contributed by atoms with E-state index in [9.17, 15) is 19.2 Å². The minimum atomic E-state index is -0.788. The van der Waals surface area contributed by atoms with E-state index in [1.54, 1.807) is 0 Å². The SMILES string of the molecule is CC1(C)CC[C@]2(c3noc(CF)n3)CC[C@]3(C)[C@H](C(=O)C=C4[C@@]5(C)C=C(C#N)C(=O)C6(C)C[C@]65CC[C@]43C)[C@@H]2C1. The summed E-state index contributed by atoms with van der Waals surface area (Å²) in [5.74, 6) is 0.523. The number of carbonyl (C=O) groups is 2. The Kier molecular flexibility index (Phi) is 4.87. The van der Waals surface area contributed by atoms with Crippen molar-refractivity contribution in [2.45, 2.75) is 105 Å². The van der Waals surface area contributed by atoms with Crippen LogP contribution < -0.4 is 0 Å². The molecule has 212 valence electrons. The number of halogens is 1. The maximum Gasteiger partial charge on any atom is 0.258 e. The summed E-state index contributed by atoms with van der Waals surface area (Å²) in [6.45, 7) is 12.7. The number of Topliss-reactive ketones (excluding diaryl/α,β-unsaturated/α-hetero) is 1. The van der Waals surface area contributed by atoms with E-state index in [1.807, 2.05) is 19.1 Å². The molecule has 1 unspecified atom stereocenters. The summed E-state index contributed by atoms with van der Waals surface area (Å²) in [5, 5.41) is 14.2. The molecule has 1 aromatic heterocycles. The molecule has 0 N–H and O–H groups in total. The van der Waals surface area contributed by atoms with E-state index in [0.717, 1.165) is 56.9 Å². The van der Waals surface area contributed by atoms with Crippen LogP contribution in [0, 0.1) is 55.7 Å². The number of nitrogens with zero attached hydrogens (tertiary/aromatic N) is 3. The number of hydrogen-bond acceptors (Lipinski definition) is 6. The van der Waals surface area contributed by atoms with Crippen LogP contribution in [0.5, 0.6) is 0 Å². The highest BCUT2D eigenvalue weighted by Gasteiger charge is 2.81. The molecule has 0 aromatic carbocycles. The van der Waals surface area contributed by atoms with Crippen LogP contribution in [0.15, 0.2) is 27.8 Å². The smallest absolute Gasteiger partial charge is 0.258 e. The first kappa shape index (κ1) is 26.3. The third kappa shape index (κ3) is 2.70. The molecular formula is C33H40FN3O3. The molecule has 6 aliphatic carbocycles. The molecule has 4 saturated carbocycles. The lowest BCUT2D eigenvalue weighted by Gasteiger charge is -2.68. The van der Waals surface area contributed by atoms with Gasteiger partial charge in [0.1, 0.15) is 6.07 Å². The predicted octanol–water partition coefficient (Wildman–Crippen LogP) is 6.76. The summed E-state index contributed by atoms with van der Waals surface area (Å²) in [7, 11) is 0. The minimum absolute atomic E-state index is 0.00956. The van der Waals surface area contributed by atoms with Crippen molar-refractivity contribution < 1.29 is 18.5 Å². The van der Waals surface area contributed by atoms with E-state index in [4.69, 9.17) is 4.52 Å². The Morgan fingerprint density at radius 3 is 2.42 bits per heavy atom. The van der Waals surface area contributed by atoms with Gasteiger partial charge in [-0.05, 0) is 90.6 Å². The summed E-state index contributed by atoms with van der Waals surface area (Å²) < 4.78 is 18.8. The molecule has 1 heterocycles. The van der Waals surface area contributed by atoms with Gasteiger partial charge >= 0.3 is 0 Å². The third-order valence-corrected chi connectivity index (χ3v) is 13.9. The molecule has 1 aromatic rings. The van der Waals surface area contributed by atoms with Crippen LogP contribution in [-0.4, -0.2) is 21.7 Å². The second kappa shape index (κ2) is 7.41. The van der Waals surface area contributed by atoms with Crippen molar-refractivity contribution in [1.82, 2.24) is 10.1 Å². The van der Waals surface area contributed by atoms with E-state index in [1.165, 1.54) is 0 Å². The van der Waals surface area contributed by atoms with Gasteiger partial charge in [-0.25, -0.2) is 4.39 Å². The number of hydrogen-bond donors (Lipinski definition) is 0. The molecule has 1 spiro atoms. The van der Waals surface area contributed by atoms with Crippen molar-refractivity contribution in [3.05, 3.63) is 35.0 Å². The number of ketones is 2. The van der Waals surface area contributed by atoms with E-state index >= 15 is 0 Å². The number of alkyl halides is 1. The fraction of sp³-hybridized carbons (Fsp3) is 0.727. The zero-order chi connectivity index (χ0) is 28.7. The van der Waals surface area contributed by atoms with Crippen LogP contribution in [0.2, 0.25) is 0 Å². The van der Waals surface area contributed by atoms with Gasteiger partial charge in [-0.3, -0.25) is 9.59 Å². The van der Waals surface area contributed by atoms with E-state index in [0.29, 0.717) is 5.82 Å². The number of rotatable bonds is 2. The molecule has 7 heteroatoms. The highest BCUT2D eigenvalue weighted by molar-refractivity contribution is 6.07. The monoisotopic (exact) mass is 545 g/mol. The van der Waals surface area contributed by atoms with Crippen molar-refractivity contribution in [2.75, 3.05) is 0 Å². The number of aromatic nitrogens is 2. The summed E-state index contributed by atoms with van der Waals surface area (Å²) in [4.78, 5) is 32.4. The van der Waals surface area contributed by atoms with Crippen LogP contribution in [-0.2, 0) is 21.7 Å². The van der Waals surface area contributed by atoms with Gasteiger partial charge in [-0.1, -0.05) is 52.8 Å². The molecule has 4 fully saturated rings. The van der Waals surface area contributed by atoms with Crippen molar-refractivity contribution in [2.24, 2.45) is 44.3 Å². The summed E-state index contributed by atoms with van der Waals surface area (Å²) >= 11 is 0. The average molecular weight is 546 g/mol. The lowest BCUT2D eigenvalue weighted by molar-refractivity contribution is -0.159. The summed E-state index contributed by atoms with van der Waals surface area (Å²) in [5.41, 5.74) is -0.813. The third-order valence-electron chi connectivity index (χ3n) is 13.9. The van der Waals surface area contributed by atoms with Crippen LogP contribution in [0.4, 0.5) is 4.39 Å². The lowest BCUT2D eigenvalue weighted by atomic mass is 9.34. The molecule has 0 radical (unpaired) electrons. The van der Waals surface area contributed by atoms with Crippen molar-refractivity contribution in [3.63, 3.8) is 0 Å². The molecular weight excluding hydrogens is 505 g/mol. The topological polar surface area (TPSA) is 96.8 Å². The van der Waals surface area contributed by atoms with Crippen molar-refractivity contribution >= 4 is 11.6 Å². The highest BCUT2D eigenvalue weighted by Crippen LogP contribution is 2.85. The normalized spacial score (nSPS) is 48.4. The van der Waals surface area contributed by atoms with Crippen LogP contribution in [0.3, 0.4) is 0 Å². The Hall–Kier alpha value is -2.62. The fourth-order valence-electron chi connectivity index (χ4n) is 11.3. The number of fused-ring (bicyclic) bond motifs is 6. The Balaban J connectivity index is 1.40. The Morgan fingerprint density at radius 2 is 1.75 bits per heavy atom. The molecule has 0 bridgehead atoms. The van der Waals surface area contributed by atoms with E-state index in [-0.39, 0.29) is 56.5 Å². The molecule has 0 saturated heterocycles. The highest BCUT2D eigenvalue weighted by atomic mass is 19.1. The second-order valence-corrected chi connectivity index (χ2v) is 15.8.